The molecule has 29 heavy (non-hydrogen) atoms. The van der Waals surface area contributed by atoms with E-state index >= 15 is 0 Å². The molecule has 0 bridgehead atoms. The van der Waals surface area contributed by atoms with Crippen LogP contribution in [0.15, 0.2) is 0 Å². The number of hydrogen-bond acceptors (Lipinski definition) is 5. The van der Waals surface area contributed by atoms with Gasteiger partial charge in [-0.2, -0.15) is 0 Å². The maximum Gasteiger partial charge on any atom is 0.340 e. The summed E-state index contributed by atoms with van der Waals surface area (Å²) < 4.78 is 5.03. The van der Waals surface area contributed by atoms with Crippen molar-refractivity contribution >= 4 is 23.7 Å². The number of hydrogen-bond donors (Lipinski definition) is 2. The first-order chi connectivity index (χ1) is 13.7. The number of carbonyl (C=O) groups excluding carboxylic acids is 4. The second kappa shape index (κ2) is 9.24. The van der Waals surface area contributed by atoms with E-state index in [0.29, 0.717) is 23.2 Å². The molecule has 2 heterocycles. The molecule has 1 saturated heterocycles. The Morgan fingerprint density at radius 1 is 1.10 bits per heavy atom. The van der Waals surface area contributed by atoms with Crippen LogP contribution in [0.4, 0.5) is 4.79 Å². The predicted octanol–water partition coefficient (Wildman–Crippen LogP) is 3.27. The fourth-order valence-corrected chi connectivity index (χ4v) is 3.73. The van der Waals surface area contributed by atoms with E-state index in [4.69, 9.17) is 4.74 Å². The van der Waals surface area contributed by atoms with Crippen LogP contribution in [0.2, 0.25) is 0 Å². The van der Waals surface area contributed by atoms with E-state index in [1.807, 2.05) is 0 Å². The molecule has 2 N–H and O–H groups in total. The molecule has 0 unspecified atom stereocenters. The van der Waals surface area contributed by atoms with E-state index in [9.17, 15) is 19.2 Å². The quantitative estimate of drug-likeness (QED) is 0.269. The van der Waals surface area contributed by atoms with E-state index < -0.39 is 23.3 Å². The van der Waals surface area contributed by atoms with Gasteiger partial charge in [0.05, 0.1) is 24.4 Å². The van der Waals surface area contributed by atoms with Gasteiger partial charge in [-0.1, -0.05) is 32.6 Å². The first-order valence-electron chi connectivity index (χ1n) is 10.2. The van der Waals surface area contributed by atoms with Crippen LogP contribution in [-0.4, -0.2) is 52.3 Å². The smallest absolute Gasteiger partial charge is 0.340 e. The molecule has 1 aliphatic heterocycles. The number of aromatic nitrogens is 1. The minimum atomic E-state index is -0.984. The van der Waals surface area contributed by atoms with Crippen molar-refractivity contribution < 1.29 is 23.9 Å². The maximum absolute atomic E-state index is 12.8. The Morgan fingerprint density at radius 3 is 2.41 bits per heavy atom. The largest absolute Gasteiger partial charge is 0.462 e. The molecule has 0 aromatic carbocycles. The number of ketones is 1. The Kier molecular flexibility index (Phi) is 7.21. The topological polar surface area (TPSA) is 109 Å². The van der Waals surface area contributed by atoms with Crippen LogP contribution in [0.1, 0.15) is 85.0 Å². The van der Waals surface area contributed by atoms with Crippen molar-refractivity contribution in [2.75, 3.05) is 13.2 Å². The first kappa shape index (κ1) is 22.6. The van der Waals surface area contributed by atoms with Gasteiger partial charge in [-0.15, -0.1) is 0 Å². The zero-order valence-electron chi connectivity index (χ0n) is 17.9. The standard InChI is InChI=1S/C21H31N3O5/c1-6-8-9-10-11-21(5)19(27)24(20(28)23-21)12-15(25)17-13(3)16(14(4)22-17)18(26)29-7-2/h22H,6-12H2,1-5H3,(H,23,28)/t21-/m0/s1. The third kappa shape index (κ3) is 4.68. The summed E-state index contributed by atoms with van der Waals surface area (Å²) in [5, 5.41) is 2.73. The highest BCUT2D eigenvalue weighted by atomic mass is 16.5. The number of Topliss-reactive ketones (excluding diaryl/α,β-unsaturated/α-hetero) is 1. The van der Waals surface area contributed by atoms with Crippen LogP contribution >= 0.6 is 0 Å². The summed E-state index contributed by atoms with van der Waals surface area (Å²) >= 11 is 0. The van der Waals surface area contributed by atoms with Gasteiger partial charge in [0.2, 0.25) is 0 Å². The average molecular weight is 405 g/mol. The third-order valence-electron chi connectivity index (χ3n) is 5.37. The lowest BCUT2D eigenvalue weighted by atomic mass is 9.94. The van der Waals surface area contributed by atoms with Crippen LogP contribution in [-0.2, 0) is 9.53 Å². The number of ether oxygens (including phenoxy) is 1. The number of nitrogens with zero attached hydrogens (tertiary/aromatic N) is 1. The zero-order valence-corrected chi connectivity index (χ0v) is 17.9. The Balaban J connectivity index is 2.13. The number of aryl methyl sites for hydroxylation is 1. The number of esters is 1. The molecule has 1 atom stereocenters. The van der Waals surface area contributed by atoms with E-state index in [1.165, 1.54) is 0 Å². The number of amides is 3. The summed E-state index contributed by atoms with van der Waals surface area (Å²) in [7, 11) is 0. The highest BCUT2D eigenvalue weighted by Crippen LogP contribution is 2.25. The maximum atomic E-state index is 12.8. The third-order valence-corrected chi connectivity index (χ3v) is 5.37. The Bertz CT molecular complexity index is 813. The predicted molar refractivity (Wildman–Crippen MR) is 108 cm³/mol. The van der Waals surface area contributed by atoms with Gasteiger partial charge < -0.3 is 15.0 Å². The SMILES string of the molecule is CCCCCC[C@]1(C)NC(=O)N(CC(=O)c2[nH]c(C)c(C(=O)OCC)c2C)C1=O. The number of urea groups is 1. The minimum Gasteiger partial charge on any atom is -0.462 e. The van der Waals surface area contributed by atoms with Crippen molar-refractivity contribution in [3.63, 3.8) is 0 Å². The molecule has 1 aromatic heterocycles. The summed E-state index contributed by atoms with van der Waals surface area (Å²) in [6.07, 6.45) is 4.52. The molecule has 8 nitrogen and oxygen atoms in total. The average Bonchev–Trinajstić information content (AvgIpc) is 3.07. The Hall–Kier alpha value is -2.64. The first-order valence-corrected chi connectivity index (χ1v) is 10.2. The van der Waals surface area contributed by atoms with Gasteiger partial charge >= 0.3 is 12.0 Å². The summed E-state index contributed by atoms with van der Waals surface area (Å²) in [6.45, 7) is 8.69. The fourth-order valence-electron chi connectivity index (χ4n) is 3.73. The molecule has 1 fully saturated rings. The number of H-pyrrole nitrogens is 1. The van der Waals surface area contributed by atoms with Gasteiger partial charge in [-0.3, -0.25) is 14.5 Å². The lowest BCUT2D eigenvalue weighted by Crippen LogP contribution is -2.44. The van der Waals surface area contributed by atoms with Gasteiger partial charge in [0, 0.05) is 5.69 Å². The lowest BCUT2D eigenvalue weighted by molar-refractivity contribution is -0.130. The highest BCUT2D eigenvalue weighted by Gasteiger charge is 2.47. The summed E-state index contributed by atoms with van der Waals surface area (Å²) in [5.74, 6) is -1.33. The Morgan fingerprint density at radius 2 is 1.79 bits per heavy atom. The molecule has 8 heteroatoms. The summed E-state index contributed by atoms with van der Waals surface area (Å²) in [6, 6.07) is -0.562. The normalized spacial score (nSPS) is 18.9. The van der Waals surface area contributed by atoms with E-state index in [2.05, 4.69) is 17.2 Å². The van der Waals surface area contributed by atoms with E-state index in [-0.39, 0.29) is 24.8 Å². The summed E-state index contributed by atoms with van der Waals surface area (Å²) in [5.41, 5.74) is 0.514. The molecule has 1 aliphatic rings. The van der Waals surface area contributed by atoms with Crippen molar-refractivity contribution in [2.24, 2.45) is 0 Å². The summed E-state index contributed by atoms with van der Waals surface area (Å²) in [4.78, 5) is 54.0. The highest BCUT2D eigenvalue weighted by molar-refractivity contribution is 6.11. The lowest BCUT2D eigenvalue weighted by Gasteiger charge is -2.21. The Labute approximate surface area is 171 Å². The monoisotopic (exact) mass is 405 g/mol. The molecule has 0 saturated carbocycles. The number of rotatable bonds is 10. The molecule has 2 rings (SSSR count). The van der Waals surface area contributed by atoms with Crippen LogP contribution in [0.5, 0.6) is 0 Å². The minimum absolute atomic E-state index is 0.211. The molecular weight excluding hydrogens is 374 g/mol. The van der Waals surface area contributed by atoms with Crippen molar-refractivity contribution in [2.45, 2.75) is 72.3 Å². The van der Waals surface area contributed by atoms with Crippen molar-refractivity contribution in [1.29, 1.82) is 0 Å². The second-order valence-corrected chi connectivity index (χ2v) is 7.73. The van der Waals surface area contributed by atoms with Gasteiger partial charge in [0.25, 0.3) is 5.91 Å². The van der Waals surface area contributed by atoms with Crippen LogP contribution in [0, 0.1) is 13.8 Å². The number of carbonyl (C=O) groups is 4. The second-order valence-electron chi connectivity index (χ2n) is 7.73. The zero-order chi connectivity index (χ0) is 21.8. The molecular formula is C21H31N3O5. The van der Waals surface area contributed by atoms with E-state index in [1.54, 1.807) is 27.7 Å². The fraction of sp³-hybridized carbons (Fsp3) is 0.619. The number of nitrogens with one attached hydrogen (secondary N) is 2. The van der Waals surface area contributed by atoms with Gasteiger partial charge in [0.15, 0.2) is 5.78 Å². The van der Waals surface area contributed by atoms with Crippen LogP contribution in [0.25, 0.3) is 0 Å². The number of aromatic amines is 1. The molecule has 160 valence electrons. The van der Waals surface area contributed by atoms with Crippen LogP contribution < -0.4 is 5.32 Å². The molecule has 1 aromatic rings. The van der Waals surface area contributed by atoms with Crippen molar-refractivity contribution in [3.05, 3.63) is 22.5 Å². The van der Waals surface area contributed by atoms with Crippen molar-refractivity contribution in [3.8, 4) is 0 Å². The molecule has 0 spiro atoms. The number of imide groups is 1. The molecule has 0 radical (unpaired) electrons. The van der Waals surface area contributed by atoms with Gasteiger partial charge in [-0.05, 0) is 39.7 Å². The van der Waals surface area contributed by atoms with Gasteiger partial charge in [0.1, 0.15) is 5.54 Å². The van der Waals surface area contributed by atoms with E-state index in [0.717, 1.165) is 30.6 Å². The van der Waals surface area contributed by atoms with Gasteiger partial charge in [-0.25, -0.2) is 9.59 Å². The molecule has 0 aliphatic carbocycles. The van der Waals surface area contributed by atoms with Crippen LogP contribution in [0.3, 0.4) is 0 Å². The number of unbranched alkanes of at least 4 members (excludes halogenated alkanes) is 3. The molecule has 3 amide bonds. The van der Waals surface area contributed by atoms with Crippen molar-refractivity contribution in [1.82, 2.24) is 15.2 Å².